The first kappa shape index (κ1) is 15.1. The number of carbonyl (C=O) groups is 1. The second kappa shape index (κ2) is 6.95. The van der Waals surface area contributed by atoms with E-state index in [9.17, 15) is 4.79 Å². The van der Waals surface area contributed by atoms with Gasteiger partial charge in [0.25, 0.3) is 0 Å². The molecule has 2 nitrogen and oxygen atoms in total. The Bertz CT molecular complexity index is 484. The van der Waals surface area contributed by atoms with Gasteiger partial charge in [-0.05, 0) is 48.8 Å². The molecule has 2 fully saturated rings. The molecule has 2 aliphatic carbocycles. The van der Waals surface area contributed by atoms with Crippen molar-refractivity contribution in [2.45, 2.75) is 51.5 Å². The van der Waals surface area contributed by atoms with Crippen molar-refractivity contribution in [3.8, 4) is 0 Å². The van der Waals surface area contributed by atoms with Crippen LogP contribution in [-0.2, 0) is 11.3 Å². The van der Waals surface area contributed by atoms with Crippen LogP contribution >= 0.6 is 15.9 Å². The van der Waals surface area contributed by atoms with Crippen molar-refractivity contribution in [1.29, 1.82) is 0 Å². The summed E-state index contributed by atoms with van der Waals surface area (Å²) in [5, 5.41) is 3.13. The van der Waals surface area contributed by atoms with Crippen LogP contribution in [-0.4, -0.2) is 5.91 Å². The summed E-state index contributed by atoms with van der Waals surface area (Å²) < 4.78 is 1.08. The molecule has 0 saturated heterocycles. The van der Waals surface area contributed by atoms with E-state index < -0.39 is 0 Å². The Hall–Kier alpha value is -0.830. The number of halogens is 1. The number of hydrogen-bond acceptors (Lipinski definition) is 1. The number of carbonyl (C=O) groups excluding carboxylic acids is 1. The quantitative estimate of drug-likeness (QED) is 0.843. The van der Waals surface area contributed by atoms with E-state index in [1.54, 1.807) is 0 Å². The van der Waals surface area contributed by atoms with Crippen molar-refractivity contribution >= 4 is 21.8 Å². The molecular weight excluding hydrogens is 326 g/mol. The number of amides is 1. The summed E-state index contributed by atoms with van der Waals surface area (Å²) in [6.45, 7) is 0.650. The minimum Gasteiger partial charge on any atom is -0.352 e. The lowest BCUT2D eigenvalue weighted by atomic mass is 9.67. The fourth-order valence-electron chi connectivity index (χ4n) is 4.05. The van der Waals surface area contributed by atoms with Gasteiger partial charge in [-0.25, -0.2) is 0 Å². The Labute approximate surface area is 135 Å². The molecule has 21 heavy (non-hydrogen) atoms. The predicted molar refractivity (Wildman–Crippen MR) is 88.8 cm³/mol. The Morgan fingerprint density at radius 3 is 2.52 bits per heavy atom. The van der Waals surface area contributed by atoms with Crippen LogP contribution in [0.4, 0.5) is 0 Å². The van der Waals surface area contributed by atoms with Crippen molar-refractivity contribution < 1.29 is 4.79 Å². The van der Waals surface area contributed by atoms with Crippen molar-refractivity contribution in [3.05, 3.63) is 34.3 Å². The first-order chi connectivity index (χ1) is 10.2. The molecular formula is C18H24BrNO. The lowest BCUT2D eigenvalue weighted by Crippen LogP contribution is -2.37. The number of hydrogen-bond donors (Lipinski definition) is 1. The molecule has 1 amide bonds. The zero-order valence-electron chi connectivity index (χ0n) is 12.5. The number of fused-ring (bicyclic) bond motifs is 1. The van der Waals surface area contributed by atoms with Gasteiger partial charge in [0.05, 0.1) is 0 Å². The number of benzene rings is 1. The van der Waals surface area contributed by atoms with Crippen molar-refractivity contribution in [3.63, 3.8) is 0 Å². The van der Waals surface area contributed by atoms with Gasteiger partial charge in [0.2, 0.25) is 5.91 Å². The third-order valence-electron chi connectivity index (χ3n) is 5.29. The van der Waals surface area contributed by atoms with Gasteiger partial charge in [-0.3, -0.25) is 4.79 Å². The minimum absolute atomic E-state index is 0.250. The van der Waals surface area contributed by atoms with E-state index >= 15 is 0 Å². The molecule has 3 heteroatoms. The smallest absolute Gasteiger partial charge is 0.223 e. The van der Waals surface area contributed by atoms with Crippen molar-refractivity contribution in [2.75, 3.05) is 0 Å². The SMILES string of the molecule is O=C(NCc1ccc(Br)cc1)C1CCC2CCCCC2C1. The van der Waals surface area contributed by atoms with E-state index in [1.807, 2.05) is 12.1 Å². The molecule has 1 N–H and O–H groups in total. The normalized spacial score (nSPS) is 28.7. The maximum Gasteiger partial charge on any atom is 0.223 e. The summed E-state index contributed by atoms with van der Waals surface area (Å²) in [5.41, 5.74) is 1.16. The Morgan fingerprint density at radius 1 is 1.05 bits per heavy atom. The number of nitrogens with one attached hydrogen (secondary N) is 1. The van der Waals surface area contributed by atoms with E-state index in [2.05, 4.69) is 33.4 Å². The zero-order chi connectivity index (χ0) is 14.7. The van der Waals surface area contributed by atoms with Crippen LogP contribution in [0.2, 0.25) is 0 Å². The monoisotopic (exact) mass is 349 g/mol. The van der Waals surface area contributed by atoms with Crippen molar-refractivity contribution in [1.82, 2.24) is 5.32 Å². The van der Waals surface area contributed by atoms with Crippen LogP contribution in [0.5, 0.6) is 0 Å². The molecule has 1 aromatic rings. The Balaban J connectivity index is 1.50. The number of rotatable bonds is 3. The zero-order valence-corrected chi connectivity index (χ0v) is 14.1. The van der Waals surface area contributed by atoms with Gasteiger partial charge < -0.3 is 5.32 Å². The summed E-state index contributed by atoms with van der Waals surface area (Å²) in [7, 11) is 0. The largest absolute Gasteiger partial charge is 0.352 e. The molecule has 2 aliphatic rings. The molecule has 3 unspecified atom stereocenters. The molecule has 3 rings (SSSR count). The van der Waals surface area contributed by atoms with Crippen LogP contribution in [0.25, 0.3) is 0 Å². The van der Waals surface area contributed by atoms with Crippen molar-refractivity contribution in [2.24, 2.45) is 17.8 Å². The van der Waals surface area contributed by atoms with E-state index in [0.29, 0.717) is 6.54 Å². The summed E-state index contributed by atoms with van der Waals surface area (Å²) >= 11 is 3.43. The van der Waals surface area contributed by atoms with Crippen LogP contribution in [0, 0.1) is 17.8 Å². The van der Waals surface area contributed by atoms with Gasteiger partial charge in [0.1, 0.15) is 0 Å². The average molecular weight is 350 g/mol. The summed E-state index contributed by atoms with van der Waals surface area (Å²) in [5.74, 6) is 2.24. The van der Waals surface area contributed by atoms with Crippen LogP contribution in [0.15, 0.2) is 28.7 Å². The van der Waals surface area contributed by atoms with E-state index in [1.165, 1.54) is 32.1 Å². The molecule has 0 spiro atoms. The maximum atomic E-state index is 12.4. The highest BCUT2D eigenvalue weighted by atomic mass is 79.9. The molecule has 0 aliphatic heterocycles. The van der Waals surface area contributed by atoms with Gasteiger partial charge in [0, 0.05) is 16.9 Å². The molecule has 3 atom stereocenters. The molecule has 0 heterocycles. The first-order valence-electron chi connectivity index (χ1n) is 8.24. The van der Waals surface area contributed by atoms with E-state index in [4.69, 9.17) is 0 Å². The third kappa shape index (κ3) is 3.88. The Kier molecular flexibility index (Phi) is 4.99. The second-order valence-electron chi connectivity index (χ2n) is 6.66. The topological polar surface area (TPSA) is 29.1 Å². The standard InChI is InChI=1S/C18H24BrNO/c19-17-9-5-13(6-10-17)12-20-18(21)16-8-7-14-3-1-2-4-15(14)11-16/h5-6,9-10,14-16H,1-4,7-8,11-12H2,(H,20,21). The molecule has 114 valence electrons. The summed E-state index contributed by atoms with van der Waals surface area (Å²) in [6.07, 6.45) is 9.00. The van der Waals surface area contributed by atoms with Crippen LogP contribution in [0.1, 0.15) is 50.5 Å². The molecule has 2 saturated carbocycles. The van der Waals surface area contributed by atoms with Gasteiger partial charge >= 0.3 is 0 Å². The molecule has 1 aromatic carbocycles. The Morgan fingerprint density at radius 2 is 1.76 bits per heavy atom. The van der Waals surface area contributed by atoms with Gasteiger partial charge in [-0.15, -0.1) is 0 Å². The highest BCUT2D eigenvalue weighted by Gasteiger charge is 2.34. The second-order valence-corrected chi connectivity index (χ2v) is 7.57. The van der Waals surface area contributed by atoms with Gasteiger partial charge in [-0.2, -0.15) is 0 Å². The lowest BCUT2D eigenvalue weighted by Gasteiger charge is -2.38. The third-order valence-corrected chi connectivity index (χ3v) is 5.82. The fraction of sp³-hybridized carbons (Fsp3) is 0.611. The van der Waals surface area contributed by atoms with Gasteiger partial charge in [0.15, 0.2) is 0 Å². The minimum atomic E-state index is 0.250. The van der Waals surface area contributed by atoms with E-state index in [0.717, 1.165) is 34.7 Å². The fourth-order valence-corrected chi connectivity index (χ4v) is 4.31. The summed E-state index contributed by atoms with van der Waals surface area (Å²) in [6, 6.07) is 8.16. The highest BCUT2D eigenvalue weighted by Crippen LogP contribution is 2.42. The lowest BCUT2D eigenvalue weighted by molar-refractivity contribution is -0.127. The van der Waals surface area contributed by atoms with Crippen LogP contribution in [0.3, 0.4) is 0 Å². The first-order valence-corrected chi connectivity index (χ1v) is 9.04. The highest BCUT2D eigenvalue weighted by molar-refractivity contribution is 9.10. The maximum absolute atomic E-state index is 12.4. The van der Waals surface area contributed by atoms with Crippen LogP contribution < -0.4 is 5.32 Å². The van der Waals surface area contributed by atoms with Gasteiger partial charge in [-0.1, -0.05) is 53.7 Å². The predicted octanol–water partition coefficient (Wildman–Crippen LogP) is 4.67. The molecule has 0 radical (unpaired) electrons. The molecule has 0 aromatic heterocycles. The molecule has 0 bridgehead atoms. The summed E-state index contributed by atoms with van der Waals surface area (Å²) in [4.78, 5) is 12.4. The van der Waals surface area contributed by atoms with E-state index in [-0.39, 0.29) is 11.8 Å². The average Bonchev–Trinajstić information content (AvgIpc) is 2.53.